The number of aliphatic hydroxyl groups is 1. The first-order chi connectivity index (χ1) is 7.81. The fraction of sp³-hybridized carbons (Fsp3) is 0.214. The highest BCUT2D eigenvalue weighted by molar-refractivity contribution is 5.31. The molecule has 0 bridgehead atoms. The zero-order valence-electron chi connectivity index (χ0n) is 9.56. The summed E-state index contributed by atoms with van der Waals surface area (Å²) in [6.07, 6.45) is 10.2. The molecule has 0 atom stereocenters. The van der Waals surface area contributed by atoms with Gasteiger partial charge >= 0.3 is 0 Å². The Hall–Kier alpha value is -1.67. The zero-order chi connectivity index (χ0) is 11.8. The predicted octanol–water partition coefficient (Wildman–Crippen LogP) is 2.80. The van der Waals surface area contributed by atoms with Crippen LogP contribution in [0, 0.1) is 0 Å². The van der Waals surface area contributed by atoms with Crippen molar-refractivity contribution in [2.45, 2.75) is 20.0 Å². The third kappa shape index (κ3) is 3.48. The smallest absolute Gasteiger partial charge is 0.0699 e. The lowest BCUT2D eigenvalue weighted by Crippen LogP contribution is -1.98. The summed E-state index contributed by atoms with van der Waals surface area (Å²) in [7, 11) is 0. The number of pyridine rings is 1. The summed E-state index contributed by atoms with van der Waals surface area (Å²) in [5.41, 5.74) is 2.92. The van der Waals surface area contributed by atoms with E-state index >= 15 is 0 Å². The zero-order valence-corrected chi connectivity index (χ0v) is 9.56. The molecule has 1 N–H and O–H groups in total. The molecule has 0 spiro atoms. The van der Waals surface area contributed by atoms with Gasteiger partial charge in [-0.05, 0) is 24.1 Å². The second-order valence-corrected chi connectivity index (χ2v) is 3.42. The number of hydrogen-bond acceptors (Lipinski definition) is 2. The lowest BCUT2D eigenvalue weighted by atomic mass is 10.0. The molecule has 0 unspecified atom stereocenters. The number of allylic oxidation sites excluding steroid dienone is 5. The Bertz CT molecular complexity index is 405. The molecule has 16 heavy (non-hydrogen) atoms. The maximum atomic E-state index is 9.19. The van der Waals surface area contributed by atoms with Crippen molar-refractivity contribution < 1.29 is 5.11 Å². The Balaban J connectivity index is 2.93. The van der Waals surface area contributed by atoms with Crippen molar-refractivity contribution in [1.82, 2.24) is 4.98 Å². The average molecular weight is 215 g/mol. The van der Waals surface area contributed by atoms with Gasteiger partial charge in [-0.25, -0.2) is 0 Å². The van der Waals surface area contributed by atoms with Gasteiger partial charge in [0.05, 0.1) is 12.3 Å². The summed E-state index contributed by atoms with van der Waals surface area (Å²) >= 11 is 0. The Morgan fingerprint density at radius 3 is 3.00 bits per heavy atom. The number of rotatable bonds is 5. The fourth-order valence-electron chi connectivity index (χ4n) is 1.51. The Morgan fingerprint density at radius 1 is 1.56 bits per heavy atom. The van der Waals surface area contributed by atoms with E-state index in [1.54, 1.807) is 12.3 Å². The molecule has 2 nitrogen and oxygen atoms in total. The lowest BCUT2D eigenvalue weighted by molar-refractivity contribution is 0.280. The molecule has 0 aliphatic heterocycles. The highest BCUT2D eigenvalue weighted by Gasteiger charge is 2.03. The minimum atomic E-state index is 0.0282. The van der Waals surface area contributed by atoms with Crippen LogP contribution in [0.25, 0.3) is 0 Å². The molecule has 0 saturated heterocycles. The number of aromatic nitrogens is 1. The van der Waals surface area contributed by atoms with Crippen LogP contribution in [0.2, 0.25) is 0 Å². The van der Waals surface area contributed by atoms with E-state index in [4.69, 9.17) is 0 Å². The van der Waals surface area contributed by atoms with E-state index in [1.807, 2.05) is 37.3 Å². The normalized spacial score (nSPS) is 12.0. The van der Waals surface area contributed by atoms with Crippen LogP contribution in [0.1, 0.15) is 18.2 Å². The topological polar surface area (TPSA) is 33.1 Å². The summed E-state index contributed by atoms with van der Waals surface area (Å²) in [5.74, 6) is 0. The SMILES string of the molecule is C=C/C=C(\C=C/C)Cc1ncccc1CO. The Kier molecular flexibility index (Phi) is 5.23. The molecule has 0 aliphatic rings. The fourth-order valence-corrected chi connectivity index (χ4v) is 1.51. The van der Waals surface area contributed by atoms with E-state index in [0.717, 1.165) is 16.8 Å². The minimum absolute atomic E-state index is 0.0282. The minimum Gasteiger partial charge on any atom is -0.392 e. The molecule has 0 aliphatic carbocycles. The van der Waals surface area contributed by atoms with Crippen molar-refractivity contribution in [2.75, 3.05) is 0 Å². The summed E-state index contributed by atoms with van der Waals surface area (Å²) in [5, 5.41) is 9.19. The molecule has 84 valence electrons. The molecule has 1 rings (SSSR count). The first kappa shape index (κ1) is 12.4. The number of aliphatic hydroxyl groups excluding tert-OH is 1. The molecule has 0 fully saturated rings. The molecule has 0 radical (unpaired) electrons. The molecule has 0 aromatic carbocycles. The van der Waals surface area contributed by atoms with E-state index in [0.29, 0.717) is 6.42 Å². The molecular weight excluding hydrogens is 198 g/mol. The Morgan fingerprint density at radius 2 is 2.38 bits per heavy atom. The molecule has 1 heterocycles. The van der Waals surface area contributed by atoms with E-state index in [9.17, 15) is 5.11 Å². The number of hydrogen-bond donors (Lipinski definition) is 1. The van der Waals surface area contributed by atoms with Crippen molar-refractivity contribution >= 4 is 0 Å². The molecular formula is C14H17NO. The highest BCUT2D eigenvalue weighted by Crippen LogP contribution is 2.12. The van der Waals surface area contributed by atoms with Crippen LogP contribution < -0.4 is 0 Å². The van der Waals surface area contributed by atoms with Crippen LogP contribution in [-0.2, 0) is 13.0 Å². The van der Waals surface area contributed by atoms with Crippen molar-refractivity contribution in [3.8, 4) is 0 Å². The van der Waals surface area contributed by atoms with Crippen LogP contribution in [0.3, 0.4) is 0 Å². The second kappa shape index (κ2) is 6.75. The van der Waals surface area contributed by atoms with Gasteiger partial charge in [-0.2, -0.15) is 0 Å². The second-order valence-electron chi connectivity index (χ2n) is 3.42. The van der Waals surface area contributed by atoms with Gasteiger partial charge in [0.2, 0.25) is 0 Å². The summed E-state index contributed by atoms with van der Waals surface area (Å²) in [6.45, 7) is 5.69. The monoisotopic (exact) mass is 215 g/mol. The van der Waals surface area contributed by atoms with Gasteiger partial charge in [0, 0.05) is 12.6 Å². The van der Waals surface area contributed by atoms with Crippen LogP contribution in [0.15, 0.2) is 54.8 Å². The molecule has 1 aromatic rings. The van der Waals surface area contributed by atoms with E-state index in [-0.39, 0.29) is 6.61 Å². The lowest BCUT2D eigenvalue weighted by Gasteiger charge is -2.06. The van der Waals surface area contributed by atoms with Crippen LogP contribution >= 0.6 is 0 Å². The van der Waals surface area contributed by atoms with Crippen LogP contribution in [0.5, 0.6) is 0 Å². The van der Waals surface area contributed by atoms with Gasteiger partial charge < -0.3 is 5.11 Å². The third-order valence-corrected chi connectivity index (χ3v) is 2.24. The molecule has 0 saturated carbocycles. The molecule has 1 aromatic heterocycles. The maximum Gasteiger partial charge on any atom is 0.0699 e. The van der Waals surface area contributed by atoms with Crippen molar-refractivity contribution in [3.63, 3.8) is 0 Å². The van der Waals surface area contributed by atoms with Gasteiger partial charge in [0.15, 0.2) is 0 Å². The van der Waals surface area contributed by atoms with Crippen molar-refractivity contribution in [2.24, 2.45) is 0 Å². The largest absolute Gasteiger partial charge is 0.392 e. The Labute approximate surface area is 96.7 Å². The van der Waals surface area contributed by atoms with Gasteiger partial charge in [-0.1, -0.05) is 36.9 Å². The summed E-state index contributed by atoms with van der Waals surface area (Å²) < 4.78 is 0. The van der Waals surface area contributed by atoms with E-state index in [2.05, 4.69) is 11.6 Å². The van der Waals surface area contributed by atoms with E-state index < -0.39 is 0 Å². The van der Waals surface area contributed by atoms with Gasteiger partial charge in [-0.3, -0.25) is 4.98 Å². The highest BCUT2D eigenvalue weighted by atomic mass is 16.3. The third-order valence-electron chi connectivity index (χ3n) is 2.24. The van der Waals surface area contributed by atoms with Crippen molar-refractivity contribution in [3.05, 3.63) is 66.0 Å². The van der Waals surface area contributed by atoms with Crippen molar-refractivity contribution in [1.29, 1.82) is 0 Å². The predicted molar refractivity (Wildman–Crippen MR) is 67.0 cm³/mol. The molecule has 0 amide bonds. The average Bonchev–Trinajstić information content (AvgIpc) is 2.30. The maximum absolute atomic E-state index is 9.19. The van der Waals surface area contributed by atoms with Crippen LogP contribution in [-0.4, -0.2) is 10.1 Å². The van der Waals surface area contributed by atoms with Gasteiger partial charge in [-0.15, -0.1) is 0 Å². The van der Waals surface area contributed by atoms with Gasteiger partial charge in [0.1, 0.15) is 0 Å². The summed E-state index contributed by atoms with van der Waals surface area (Å²) in [4.78, 5) is 4.28. The molecule has 2 heteroatoms. The first-order valence-electron chi connectivity index (χ1n) is 5.29. The standard InChI is InChI=1S/C14H17NO/c1-3-6-12(7-4-2)10-14-13(11-16)8-5-9-15-14/h3-9,16H,1,10-11H2,2H3/b7-4-,12-6+. The first-order valence-corrected chi connectivity index (χ1v) is 5.29. The number of nitrogens with zero attached hydrogens (tertiary/aromatic N) is 1. The van der Waals surface area contributed by atoms with Gasteiger partial charge in [0.25, 0.3) is 0 Å². The quantitative estimate of drug-likeness (QED) is 0.766. The van der Waals surface area contributed by atoms with E-state index in [1.165, 1.54) is 0 Å². The van der Waals surface area contributed by atoms with Crippen LogP contribution in [0.4, 0.5) is 0 Å². The summed E-state index contributed by atoms with van der Waals surface area (Å²) in [6, 6.07) is 3.73.